The van der Waals surface area contributed by atoms with Crippen molar-refractivity contribution in [1.82, 2.24) is 14.7 Å². The summed E-state index contributed by atoms with van der Waals surface area (Å²) < 4.78 is 26.9. The summed E-state index contributed by atoms with van der Waals surface area (Å²) in [4.78, 5) is 19.2. The van der Waals surface area contributed by atoms with Crippen LogP contribution < -0.4 is 9.47 Å². The summed E-state index contributed by atoms with van der Waals surface area (Å²) in [5, 5.41) is 10.8. The number of piperidine rings is 1. The lowest BCUT2D eigenvalue weighted by atomic mass is 10.00. The lowest BCUT2D eigenvalue weighted by Gasteiger charge is -2.32. The molecule has 3 heterocycles. The third-order valence-corrected chi connectivity index (χ3v) is 7.23. The Kier molecular flexibility index (Phi) is 7.22. The number of ether oxygens (including phenoxy) is 2. The van der Waals surface area contributed by atoms with Crippen molar-refractivity contribution >= 4 is 5.91 Å². The number of amides is 1. The van der Waals surface area contributed by atoms with Crippen molar-refractivity contribution in [1.29, 1.82) is 0 Å². The molecule has 0 bridgehead atoms. The number of hydrogen-bond donors (Lipinski definition) is 1. The molecule has 2 aromatic rings. The second kappa shape index (κ2) is 10.5. The van der Waals surface area contributed by atoms with Crippen LogP contribution in [0.4, 0.5) is 4.39 Å². The zero-order chi connectivity index (χ0) is 24.4. The van der Waals surface area contributed by atoms with Crippen LogP contribution >= 0.6 is 0 Å². The number of carbonyl (C=O) groups excluding carboxylic acids is 1. The van der Waals surface area contributed by atoms with Gasteiger partial charge in [-0.2, -0.15) is 0 Å². The van der Waals surface area contributed by atoms with Gasteiger partial charge in [-0.05, 0) is 37.4 Å². The van der Waals surface area contributed by atoms with E-state index < -0.39 is 17.8 Å². The van der Waals surface area contributed by atoms with Crippen LogP contribution in [0.5, 0.6) is 11.5 Å². The van der Waals surface area contributed by atoms with E-state index in [1.807, 2.05) is 6.07 Å². The fourth-order valence-corrected chi connectivity index (χ4v) is 5.26. The number of carbonyl (C=O) groups is 1. The van der Waals surface area contributed by atoms with E-state index in [0.717, 1.165) is 45.4 Å². The molecule has 0 aliphatic carbocycles. The SMILES string of the molecule is CN1CCC(Oc2cc(F)c3c(c2)OCCN(CC(O)CN2CCc4ccccc4C2)C3=O)CC1. The van der Waals surface area contributed by atoms with E-state index in [1.165, 1.54) is 22.1 Å². The number of aliphatic hydroxyl groups excluding tert-OH is 1. The Balaban J connectivity index is 1.22. The molecule has 8 heteroatoms. The molecule has 0 saturated carbocycles. The molecule has 188 valence electrons. The molecular formula is C27H34FN3O4. The molecule has 1 fully saturated rings. The van der Waals surface area contributed by atoms with E-state index >= 15 is 4.39 Å². The van der Waals surface area contributed by atoms with Crippen molar-refractivity contribution in [2.45, 2.75) is 38.0 Å². The molecule has 0 radical (unpaired) electrons. The molecule has 7 nitrogen and oxygen atoms in total. The number of likely N-dealkylation sites (tertiary alicyclic amines) is 1. The van der Waals surface area contributed by atoms with Gasteiger partial charge in [0.2, 0.25) is 0 Å². The molecule has 3 aliphatic heterocycles. The number of fused-ring (bicyclic) bond motifs is 2. The van der Waals surface area contributed by atoms with E-state index in [4.69, 9.17) is 9.47 Å². The number of hydrogen-bond acceptors (Lipinski definition) is 6. The Morgan fingerprint density at radius 3 is 2.69 bits per heavy atom. The second-order valence-electron chi connectivity index (χ2n) is 9.91. The van der Waals surface area contributed by atoms with Crippen LogP contribution in [-0.2, 0) is 13.0 Å². The zero-order valence-corrected chi connectivity index (χ0v) is 20.3. The maximum Gasteiger partial charge on any atom is 0.260 e. The molecule has 0 spiro atoms. The number of rotatable bonds is 6. The summed E-state index contributed by atoms with van der Waals surface area (Å²) in [5.74, 6) is -0.502. The summed E-state index contributed by atoms with van der Waals surface area (Å²) in [7, 11) is 2.08. The predicted octanol–water partition coefficient (Wildman–Crippen LogP) is 2.55. The van der Waals surface area contributed by atoms with E-state index in [-0.39, 0.29) is 37.1 Å². The largest absolute Gasteiger partial charge is 0.491 e. The average Bonchev–Trinajstić information content (AvgIpc) is 2.99. The molecule has 1 unspecified atom stereocenters. The lowest BCUT2D eigenvalue weighted by molar-refractivity contribution is 0.0498. The van der Waals surface area contributed by atoms with Crippen molar-refractivity contribution in [3.05, 3.63) is 58.9 Å². The topological polar surface area (TPSA) is 65.5 Å². The average molecular weight is 484 g/mol. The molecule has 1 amide bonds. The van der Waals surface area contributed by atoms with E-state index in [2.05, 4.69) is 35.0 Å². The fraction of sp³-hybridized carbons (Fsp3) is 0.519. The summed E-state index contributed by atoms with van der Waals surface area (Å²) in [6, 6.07) is 11.3. The highest BCUT2D eigenvalue weighted by Crippen LogP contribution is 2.32. The van der Waals surface area contributed by atoms with Crippen molar-refractivity contribution < 1.29 is 23.8 Å². The summed E-state index contributed by atoms with van der Waals surface area (Å²) in [6.45, 7) is 4.63. The van der Waals surface area contributed by atoms with Crippen molar-refractivity contribution in [2.75, 3.05) is 52.9 Å². The molecule has 2 aromatic carbocycles. The van der Waals surface area contributed by atoms with Gasteiger partial charge in [0.05, 0.1) is 12.6 Å². The quantitative estimate of drug-likeness (QED) is 0.682. The van der Waals surface area contributed by atoms with Gasteiger partial charge >= 0.3 is 0 Å². The summed E-state index contributed by atoms with van der Waals surface area (Å²) >= 11 is 0. The fourth-order valence-electron chi connectivity index (χ4n) is 5.26. The minimum absolute atomic E-state index is 0.0264. The van der Waals surface area contributed by atoms with Gasteiger partial charge in [-0.3, -0.25) is 9.69 Å². The van der Waals surface area contributed by atoms with Crippen LogP contribution in [0.1, 0.15) is 34.3 Å². The number of benzene rings is 2. The lowest BCUT2D eigenvalue weighted by Crippen LogP contribution is -2.44. The minimum Gasteiger partial charge on any atom is -0.491 e. The third kappa shape index (κ3) is 5.60. The zero-order valence-electron chi connectivity index (χ0n) is 20.3. The molecule has 5 rings (SSSR count). The summed E-state index contributed by atoms with van der Waals surface area (Å²) in [6.07, 6.45) is 1.99. The second-order valence-corrected chi connectivity index (χ2v) is 9.91. The maximum absolute atomic E-state index is 15.1. The van der Waals surface area contributed by atoms with Crippen molar-refractivity contribution in [3.63, 3.8) is 0 Å². The van der Waals surface area contributed by atoms with E-state index in [0.29, 0.717) is 12.3 Å². The Morgan fingerprint density at radius 2 is 1.89 bits per heavy atom. The first-order chi connectivity index (χ1) is 17.0. The number of halogens is 1. The molecule has 1 N–H and O–H groups in total. The van der Waals surface area contributed by atoms with Gasteiger partial charge < -0.3 is 24.4 Å². The Hall–Kier alpha value is -2.68. The number of aliphatic hydroxyl groups is 1. The van der Waals surface area contributed by atoms with Crippen LogP contribution in [0.3, 0.4) is 0 Å². The molecule has 3 aliphatic rings. The molecule has 35 heavy (non-hydrogen) atoms. The van der Waals surface area contributed by atoms with Crippen LogP contribution in [0.2, 0.25) is 0 Å². The van der Waals surface area contributed by atoms with Crippen molar-refractivity contribution in [2.24, 2.45) is 0 Å². The van der Waals surface area contributed by atoms with Gasteiger partial charge in [-0.1, -0.05) is 24.3 Å². The van der Waals surface area contributed by atoms with Crippen molar-refractivity contribution in [3.8, 4) is 11.5 Å². The van der Waals surface area contributed by atoms with Gasteiger partial charge in [0, 0.05) is 51.4 Å². The molecule has 1 saturated heterocycles. The van der Waals surface area contributed by atoms with Crippen LogP contribution in [-0.4, -0.2) is 90.8 Å². The smallest absolute Gasteiger partial charge is 0.260 e. The van der Waals surface area contributed by atoms with E-state index in [1.54, 1.807) is 6.07 Å². The monoisotopic (exact) mass is 483 g/mol. The third-order valence-electron chi connectivity index (χ3n) is 7.23. The number of β-amino-alcohol motifs (C(OH)–C–C–N with tert-alkyl or cyclic N) is 1. The van der Waals surface area contributed by atoms with Gasteiger partial charge in [0.15, 0.2) is 0 Å². The Morgan fingerprint density at radius 1 is 1.11 bits per heavy atom. The standard InChI is InChI=1S/C27H34FN3O4/c1-29-9-7-22(8-10-29)35-23-14-24(28)26-25(15-23)34-13-12-31(27(26)33)18-21(32)17-30-11-6-19-4-2-3-5-20(19)16-30/h2-5,14-15,21-22,32H,6-13,16-18H2,1H3. The summed E-state index contributed by atoms with van der Waals surface area (Å²) in [5.41, 5.74) is 2.54. The highest BCUT2D eigenvalue weighted by molar-refractivity contribution is 5.97. The molecule has 1 atom stereocenters. The Bertz CT molecular complexity index is 1060. The molecule has 0 aromatic heterocycles. The van der Waals surface area contributed by atoms with Gasteiger partial charge in [-0.15, -0.1) is 0 Å². The first-order valence-corrected chi connectivity index (χ1v) is 12.5. The Labute approximate surface area is 206 Å². The highest BCUT2D eigenvalue weighted by Gasteiger charge is 2.30. The van der Waals surface area contributed by atoms with E-state index in [9.17, 15) is 9.90 Å². The van der Waals surface area contributed by atoms with Crippen LogP contribution in [0, 0.1) is 5.82 Å². The highest BCUT2D eigenvalue weighted by atomic mass is 19.1. The maximum atomic E-state index is 15.1. The minimum atomic E-state index is -0.735. The van der Waals surface area contributed by atoms with Crippen LogP contribution in [0.15, 0.2) is 36.4 Å². The van der Waals surface area contributed by atoms with Gasteiger partial charge in [0.1, 0.15) is 35.6 Å². The first kappa shape index (κ1) is 24.0. The predicted molar refractivity (Wildman–Crippen MR) is 130 cm³/mol. The van der Waals surface area contributed by atoms with Gasteiger partial charge in [-0.25, -0.2) is 4.39 Å². The van der Waals surface area contributed by atoms with Crippen LogP contribution in [0.25, 0.3) is 0 Å². The first-order valence-electron chi connectivity index (χ1n) is 12.5. The normalized spacial score (nSPS) is 20.5. The molecular weight excluding hydrogens is 449 g/mol. The number of nitrogens with zero attached hydrogens (tertiary/aromatic N) is 3. The van der Waals surface area contributed by atoms with Gasteiger partial charge in [0.25, 0.3) is 5.91 Å².